The maximum atomic E-state index is 11.6. The van der Waals surface area contributed by atoms with Gasteiger partial charge in [-0.2, -0.15) is 0 Å². The van der Waals surface area contributed by atoms with Crippen LogP contribution in [-0.2, 0) is 11.2 Å². The van der Waals surface area contributed by atoms with Crippen molar-refractivity contribution in [1.82, 2.24) is 9.88 Å². The summed E-state index contributed by atoms with van der Waals surface area (Å²) < 4.78 is 0. The fraction of sp³-hybridized carbons (Fsp3) is 0.455. The summed E-state index contributed by atoms with van der Waals surface area (Å²) in [5, 5.41) is 9.13. The molecule has 0 spiro atoms. The van der Waals surface area contributed by atoms with Crippen LogP contribution in [0, 0.1) is 0 Å². The average molecular weight is 208 g/mol. The molecular weight excluding hydrogens is 192 g/mol. The van der Waals surface area contributed by atoms with Crippen molar-refractivity contribution in [1.29, 1.82) is 0 Å². The Bertz CT molecular complexity index is 312. The lowest BCUT2D eigenvalue weighted by atomic mass is 10.2. The Labute approximate surface area is 89.6 Å². The molecule has 1 amide bonds. The lowest BCUT2D eigenvalue weighted by molar-refractivity contribution is -0.130. The number of aliphatic hydroxyl groups excluding tert-OH is 1. The van der Waals surface area contributed by atoms with Crippen molar-refractivity contribution in [3.05, 3.63) is 30.1 Å². The minimum Gasteiger partial charge on any atom is -0.392 e. The van der Waals surface area contributed by atoms with Gasteiger partial charge in [-0.15, -0.1) is 0 Å². The molecule has 0 radical (unpaired) electrons. The average Bonchev–Trinajstić information content (AvgIpc) is 2.18. The molecule has 82 valence electrons. The zero-order chi connectivity index (χ0) is 11.3. The molecule has 0 fully saturated rings. The van der Waals surface area contributed by atoms with E-state index in [0.717, 1.165) is 5.56 Å². The number of aromatic nitrogens is 1. The number of nitrogens with zero attached hydrogens (tertiary/aromatic N) is 2. The van der Waals surface area contributed by atoms with Gasteiger partial charge >= 0.3 is 0 Å². The van der Waals surface area contributed by atoms with Crippen LogP contribution >= 0.6 is 0 Å². The quantitative estimate of drug-likeness (QED) is 0.782. The third-order valence-corrected chi connectivity index (χ3v) is 2.07. The number of likely N-dealkylation sites (N-methyl/N-ethyl adjacent to an activating group) is 1. The smallest absolute Gasteiger partial charge is 0.226 e. The molecule has 0 bridgehead atoms. The molecule has 1 aromatic heterocycles. The van der Waals surface area contributed by atoms with E-state index in [1.54, 1.807) is 26.4 Å². The molecule has 0 aliphatic carbocycles. The van der Waals surface area contributed by atoms with E-state index in [2.05, 4.69) is 4.98 Å². The monoisotopic (exact) mass is 208 g/mol. The molecular formula is C11H16N2O2. The van der Waals surface area contributed by atoms with Crippen molar-refractivity contribution in [2.45, 2.75) is 19.4 Å². The summed E-state index contributed by atoms with van der Waals surface area (Å²) in [6.07, 6.45) is 3.19. The van der Waals surface area contributed by atoms with E-state index in [4.69, 9.17) is 5.11 Å². The SMILES string of the molecule is CC(O)CN(C)C(=O)Cc1ccncc1. The lowest BCUT2D eigenvalue weighted by Crippen LogP contribution is -2.34. The van der Waals surface area contributed by atoms with Gasteiger partial charge in [-0.1, -0.05) is 0 Å². The number of carbonyl (C=O) groups is 1. The fourth-order valence-electron chi connectivity index (χ4n) is 1.31. The molecule has 4 nitrogen and oxygen atoms in total. The predicted molar refractivity (Wildman–Crippen MR) is 57.3 cm³/mol. The second kappa shape index (κ2) is 5.46. The summed E-state index contributed by atoms with van der Waals surface area (Å²) in [5.74, 6) is 0.00194. The van der Waals surface area contributed by atoms with Gasteiger partial charge in [-0.25, -0.2) is 0 Å². The highest BCUT2D eigenvalue weighted by Gasteiger charge is 2.11. The van der Waals surface area contributed by atoms with Crippen LogP contribution < -0.4 is 0 Å². The van der Waals surface area contributed by atoms with Crippen LogP contribution in [0.15, 0.2) is 24.5 Å². The molecule has 0 aliphatic heterocycles. The van der Waals surface area contributed by atoms with E-state index < -0.39 is 6.10 Å². The zero-order valence-electron chi connectivity index (χ0n) is 9.05. The van der Waals surface area contributed by atoms with E-state index in [0.29, 0.717) is 13.0 Å². The van der Waals surface area contributed by atoms with E-state index >= 15 is 0 Å². The molecule has 0 aromatic carbocycles. The first-order valence-corrected chi connectivity index (χ1v) is 4.90. The first-order chi connectivity index (χ1) is 7.09. The van der Waals surface area contributed by atoms with Crippen molar-refractivity contribution >= 4 is 5.91 Å². The molecule has 0 aliphatic rings. The Kier molecular flexibility index (Phi) is 4.24. The molecule has 1 heterocycles. The fourth-order valence-corrected chi connectivity index (χ4v) is 1.31. The summed E-state index contributed by atoms with van der Waals surface area (Å²) in [7, 11) is 1.69. The molecule has 1 unspecified atom stereocenters. The molecule has 4 heteroatoms. The van der Waals surface area contributed by atoms with Crippen LogP contribution in [0.4, 0.5) is 0 Å². The molecule has 1 N–H and O–H groups in total. The van der Waals surface area contributed by atoms with Gasteiger partial charge in [0.1, 0.15) is 0 Å². The van der Waals surface area contributed by atoms with Crippen molar-refractivity contribution < 1.29 is 9.90 Å². The molecule has 0 saturated heterocycles. The number of hydrogen-bond acceptors (Lipinski definition) is 3. The van der Waals surface area contributed by atoms with Crippen LogP contribution in [0.2, 0.25) is 0 Å². The normalized spacial score (nSPS) is 12.2. The summed E-state index contributed by atoms with van der Waals surface area (Å²) in [6, 6.07) is 3.63. The second-order valence-corrected chi connectivity index (χ2v) is 3.66. The van der Waals surface area contributed by atoms with Gasteiger partial charge in [0, 0.05) is 26.0 Å². The maximum Gasteiger partial charge on any atom is 0.226 e. The van der Waals surface area contributed by atoms with E-state index in [1.807, 2.05) is 12.1 Å². The lowest BCUT2D eigenvalue weighted by Gasteiger charge is -2.18. The van der Waals surface area contributed by atoms with Gasteiger partial charge in [-0.3, -0.25) is 9.78 Å². The summed E-state index contributed by atoms with van der Waals surface area (Å²) in [4.78, 5) is 17.1. The molecule has 0 saturated carbocycles. The minimum atomic E-state index is -0.489. The highest BCUT2D eigenvalue weighted by atomic mass is 16.3. The van der Waals surface area contributed by atoms with Gasteiger partial charge in [0.15, 0.2) is 0 Å². The number of carbonyl (C=O) groups excluding carboxylic acids is 1. The van der Waals surface area contributed by atoms with E-state index in [9.17, 15) is 4.79 Å². The topological polar surface area (TPSA) is 53.4 Å². The third-order valence-electron chi connectivity index (χ3n) is 2.07. The van der Waals surface area contributed by atoms with Crippen molar-refractivity contribution in [3.63, 3.8) is 0 Å². The number of pyridine rings is 1. The van der Waals surface area contributed by atoms with E-state index in [1.165, 1.54) is 4.90 Å². The summed E-state index contributed by atoms with van der Waals surface area (Å²) in [5.41, 5.74) is 0.937. The Morgan fingerprint density at radius 2 is 2.13 bits per heavy atom. The second-order valence-electron chi connectivity index (χ2n) is 3.66. The molecule has 1 rings (SSSR count). The summed E-state index contributed by atoms with van der Waals surface area (Å²) >= 11 is 0. The van der Waals surface area contributed by atoms with Crippen LogP contribution in [0.1, 0.15) is 12.5 Å². The maximum absolute atomic E-state index is 11.6. The Morgan fingerprint density at radius 1 is 1.53 bits per heavy atom. The first-order valence-electron chi connectivity index (χ1n) is 4.90. The largest absolute Gasteiger partial charge is 0.392 e. The number of amides is 1. The van der Waals surface area contributed by atoms with Gasteiger partial charge < -0.3 is 10.0 Å². The van der Waals surface area contributed by atoms with Crippen LogP contribution in [0.5, 0.6) is 0 Å². The highest BCUT2D eigenvalue weighted by molar-refractivity contribution is 5.78. The number of aliphatic hydroxyl groups is 1. The van der Waals surface area contributed by atoms with E-state index in [-0.39, 0.29) is 5.91 Å². The number of hydrogen-bond donors (Lipinski definition) is 1. The minimum absolute atomic E-state index is 0.00194. The summed E-state index contributed by atoms with van der Waals surface area (Å²) in [6.45, 7) is 2.03. The predicted octanol–water partition coefficient (Wildman–Crippen LogP) is 0.463. The number of rotatable bonds is 4. The van der Waals surface area contributed by atoms with Gasteiger partial charge in [0.05, 0.1) is 12.5 Å². The zero-order valence-corrected chi connectivity index (χ0v) is 9.05. The van der Waals surface area contributed by atoms with Gasteiger partial charge in [0.25, 0.3) is 0 Å². The first kappa shape index (κ1) is 11.7. The Balaban J connectivity index is 2.49. The van der Waals surface area contributed by atoms with Crippen molar-refractivity contribution in [2.24, 2.45) is 0 Å². The van der Waals surface area contributed by atoms with Gasteiger partial charge in [0.2, 0.25) is 5.91 Å². The van der Waals surface area contributed by atoms with Crippen LogP contribution in [0.25, 0.3) is 0 Å². The molecule has 15 heavy (non-hydrogen) atoms. The highest BCUT2D eigenvalue weighted by Crippen LogP contribution is 2.00. The van der Waals surface area contributed by atoms with Gasteiger partial charge in [-0.05, 0) is 24.6 Å². The van der Waals surface area contributed by atoms with Crippen molar-refractivity contribution in [2.75, 3.05) is 13.6 Å². The van der Waals surface area contributed by atoms with Crippen LogP contribution in [-0.4, -0.2) is 40.6 Å². The third kappa shape index (κ3) is 4.08. The van der Waals surface area contributed by atoms with Crippen molar-refractivity contribution in [3.8, 4) is 0 Å². The molecule has 1 aromatic rings. The standard InChI is InChI=1S/C11H16N2O2/c1-9(14)8-13(2)11(15)7-10-3-5-12-6-4-10/h3-6,9,14H,7-8H2,1-2H3. The Morgan fingerprint density at radius 3 is 2.67 bits per heavy atom. The molecule has 1 atom stereocenters. The van der Waals surface area contributed by atoms with Crippen LogP contribution in [0.3, 0.4) is 0 Å². The Hall–Kier alpha value is -1.42.